The zero-order valence-corrected chi connectivity index (χ0v) is 18.4. The van der Waals surface area contributed by atoms with Gasteiger partial charge in [-0.1, -0.05) is 32.0 Å². The van der Waals surface area contributed by atoms with E-state index in [1.165, 1.54) is 30.5 Å². The van der Waals surface area contributed by atoms with E-state index in [1.807, 2.05) is 19.9 Å². The first-order chi connectivity index (χ1) is 15.2. The van der Waals surface area contributed by atoms with E-state index >= 15 is 0 Å². The highest BCUT2D eigenvalue weighted by atomic mass is 32.2. The Hall–Kier alpha value is -3.57. The lowest BCUT2D eigenvalue weighted by molar-refractivity contribution is -0.124. The van der Waals surface area contributed by atoms with Gasteiger partial charge in [0.05, 0.1) is 16.8 Å². The Morgan fingerprint density at radius 2 is 1.88 bits per heavy atom. The molecule has 0 aliphatic heterocycles. The van der Waals surface area contributed by atoms with Gasteiger partial charge in [0.15, 0.2) is 12.4 Å². The average Bonchev–Trinajstić information content (AvgIpc) is 3.22. The highest BCUT2D eigenvalue weighted by Gasteiger charge is 2.23. The lowest BCUT2D eigenvalue weighted by Gasteiger charge is -2.12. The minimum atomic E-state index is -3.78. The molecule has 0 fully saturated rings. The first kappa shape index (κ1) is 23.1. The summed E-state index contributed by atoms with van der Waals surface area (Å²) in [5.41, 5.74) is 1.55. The number of benzene rings is 1. The number of nitrogens with one attached hydrogen (secondary N) is 1. The quantitative estimate of drug-likeness (QED) is 0.487. The zero-order valence-electron chi connectivity index (χ0n) is 17.6. The molecule has 1 aromatic carbocycles. The number of hydrogen-bond donors (Lipinski definition) is 2. The Morgan fingerprint density at radius 3 is 2.47 bits per heavy atom. The number of aromatic nitrogens is 3. The van der Waals surface area contributed by atoms with E-state index in [9.17, 15) is 18.0 Å². The van der Waals surface area contributed by atoms with Gasteiger partial charge in [-0.2, -0.15) is 5.10 Å². The molecular weight excluding hydrogens is 434 g/mol. The SMILES string of the molecule is CC(C)c1c(C(=O)OCC(=O)NCc2ccc(S(N)(=O)=O)cc2)cnn1-c1ccccn1. The largest absolute Gasteiger partial charge is 0.452 e. The fourth-order valence-electron chi connectivity index (χ4n) is 2.99. The smallest absolute Gasteiger partial charge is 0.342 e. The third kappa shape index (κ3) is 5.56. The highest BCUT2D eigenvalue weighted by molar-refractivity contribution is 7.89. The minimum Gasteiger partial charge on any atom is -0.452 e. The molecule has 10 nitrogen and oxygen atoms in total. The number of hydrogen-bond acceptors (Lipinski definition) is 7. The molecule has 168 valence electrons. The summed E-state index contributed by atoms with van der Waals surface area (Å²) in [5.74, 6) is -0.640. The second-order valence-corrected chi connectivity index (χ2v) is 8.80. The minimum absolute atomic E-state index is 0.0197. The molecule has 3 N–H and O–H groups in total. The van der Waals surface area contributed by atoms with Crippen molar-refractivity contribution in [2.45, 2.75) is 31.2 Å². The summed E-state index contributed by atoms with van der Waals surface area (Å²) in [7, 11) is -3.78. The van der Waals surface area contributed by atoms with E-state index in [0.717, 1.165) is 0 Å². The molecule has 0 saturated heterocycles. The summed E-state index contributed by atoms with van der Waals surface area (Å²) in [6.07, 6.45) is 3.03. The standard InChI is InChI=1S/C21H23N5O5S/c1-14(2)20-17(12-25-26(20)18-5-3-4-10-23-18)21(28)31-13-19(27)24-11-15-6-8-16(9-7-15)32(22,29)30/h3-10,12,14H,11,13H2,1-2H3,(H,24,27)(H2,22,29,30). The van der Waals surface area contributed by atoms with E-state index in [2.05, 4.69) is 15.4 Å². The van der Waals surface area contributed by atoms with Crippen LogP contribution in [-0.4, -0.2) is 41.7 Å². The number of pyridine rings is 1. The summed E-state index contributed by atoms with van der Waals surface area (Å²) < 4.78 is 29.3. The normalized spacial score (nSPS) is 11.4. The fourth-order valence-corrected chi connectivity index (χ4v) is 3.51. The van der Waals surface area contributed by atoms with Gasteiger partial charge in [0.25, 0.3) is 5.91 Å². The average molecular weight is 458 g/mol. The van der Waals surface area contributed by atoms with Crippen molar-refractivity contribution >= 4 is 21.9 Å². The van der Waals surface area contributed by atoms with Crippen molar-refractivity contribution < 1.29 is 22.7 Å². The van der Waals surface area contributed by atoms with Gasteiger partial charge in [0, 0.05) is 12.7 Å². The number of rotatable bonds is 8. The van der Waals surface area contributed by atoms with Gasteiger partial charge < -0.3 is 10.1 Å². The van der Waals surface area contributed by atoms with Gasteiger partial charge in [-0.15, -0.1) is 0 Å². The highest BCUT2D eigenvalue weighted by Crippen LogP contribution is 2.22. The Morgan fingerprint density at radius 1 is 1.16 bits per heavy atom. The van der Waals surface area contributed by atoms with Crippen molar-refractivity contribution in [2.24, 2.45) is 5.14 Å². The Bertz CT molecular complexity index is 1210. The molecule has 3 aromatic rings. The van der Waals surface area contributed by atoms with Gasteiger partial charge in [0.2, 0.25) is 10.0 Å². The van der Waals surface area contributed by atoms with E-state index in [-0.39, 0.29) is 22.9 Å². The number of amides is 1. The third-order valence-electron chi connectivity index (χ3n) is 4.52. The van der Waals surface area contributed by atoms with Crippen molar-refractivity contribution in [1.29, 1.82) is 0 Å². The molecule has 2 heterocycles. The van der Waals surface area contributed by atoms with Crippen LogP contribution in [0.15, 0.2) is 59.8 Å². The first-order valence-electron chi connectivity index (χ1n) is 9.71. The number of esters is 1. The molecule has 0 atom stereocenters. The molecular formula is C21H23N5O5S. The molecule has 0 bridgehead atoms. The van der Waals surface area contributed by atoms with Gasteiger partial charge in [-0.05, 0) is 35.7 Å². The summed E-state index contributed by atoms with van der Waals surface area (Å²) in [6.45, 7) is 3.50. The molecule has 0 aliphatic carbocycles. The fraction of sp³-hybridized carbons (Fsp3) is 0.238. The lowest BCUT2D eigenvalue weighted by atomic mass is 10.1. The molecule has 32 heavy (non-hydrogen) atoms. The molecule has 0 aliphatic rings. The van der Waals surface area contributed by atoms with Crippen molar-refractivity contribution in [2.75, 3.05) is 6.61 Å². The monoisotopic (exact) mass is 457 g/mol. The number of nitrogens with two attached hydrogens (primary N) is 1. The Labute approximate surface area is 185 Å². The van der Waals surface area contributed by atoms with Gasteiger partial charge in [0.1, 0.15) is 5.56 Å². The molecule has 0 saturated carbocycles. The molecule has 0 radical (unpaired) electrons. The lowest BCUT2D eigenvalue weighted by Crippen LogP contribution is -2.28. The predicted octanol–water partition coefficient (Wildman–Crippen LogP) is 1.51. The second kappa shape index (κ2) is 9.71. The summed E-state index contributed by atoms with van der Waals surface area (Å²) >= 11 is 0. The van der Waals surface area contributed by atoms with Gasteiger partial charge in [-0.25, -0.2) is 28.0 Å². The van der Waals surface area contributed by atoms with Crippen molar-refractivity contribution in [3.05, 3.63) is 71.7 Å². The molecule has 0 spiro atoms. The number of ether oxygens (including phenoxy) is 1. The number of carbonyl (C=O) groups is 2. The van der Waals surface area contributed by atoms with Crippen LogP contribution < -0.4 is 10.5 Å². The zero-order chi connectivity index (χ0) is 23.3. The van der Waals surface area contributed by atoms with Crippen molar-refractivity contribution in [3.63, 3.8) is 0 Å². The van der Waals surface area contributed by atoms with Crippen LogP contribution in [-0.2, 0) is 26.1 Å². The summed E-state index contributed by atoms with van der Waals surface area (Å²) in [6, 6.07) is 11.1. The number of nitrogens with zero attached hydrogens (tertiary/aromatic N) is 3. The molecule has 11 heteroatoms. The van der Waals surface area contributed by atoms with E-state index in [4.69, 9.17) is 9.88 Å². The van der Waals surface area contributed by atoms with Gasteiger partial charge in [-0.3, -0.25) is 4.79 Å². The van der Waals surface area contributed by atoms with Crippen LogP contribution in [0.5, 0.6) is 0 Å². The molecule has 2 aromatic heterocycles. The van der Waals surface area contributed by atoms with E-state index < -0.39 is 28.5 Å². The number of sulfonamides is 1. The third-order valence-corrected chi connectivity index (χ3v) is 5.44. The maximum Gasteiger partial charge on any atom is 0.342 e. The van der Waals surface area contributed by atoms with Crippen LogP contribution in [0, 0.1) is 0 Å². The molecule has 3 rings (SSSR count). The van der Waals surface area contributed by atoms with Crippen molar-refractivity contribution in [1.82, 2.24) is 20.1 Å². The maximum atomic E-state index is 12.6. The molecule has 1 amide bonds. The number of primary sulfonamides is 1. The van der Waals surface area contributed by atoms with Crippen LogP contribution in [0.3, 0.4) is 0 Å². The van der Waals surface area contributed by atoms with Crippen LogP contribution in [0.1, 0.15) is 41.4 Å². The molecule has 0 unspecified atom stereocenters. The second-order valence-electron chi connectivity index (χ2n) is 7.24. The van der Waals surface area contributed by atoms with E-state index in [1.54, 1.807) is 23.0 Å². The van der Waals surface area contributed by atoms with Crippen LogP contribution in [0.25, 0.3) is 5.82 Å². The summed E-state index contributed by atoms with van der Waals surface area (Å²) in [5, 5.41) is 11.9. The Balaban J connectivity index is 1.60. The number of carbonyl (C=O) groups excluding carboxylic acids is 2. The predicted molar refractivity (Wildman–Crippen MR) is 115 cm³/mol. The van der Waals surface area contributed by atoms with Gasteiger partial charge >= 0.3 is 5.97 Å². The van der Waals surface area contributed by atoms with Crippen LogP contribution >= 0.6 is 0 Å². The first-order valence-corrected chi connectivity index (χ1v) is 11.3. The van der Waals surface area contributed by atoms with Crippen LogP contribution in [0.2, 0.25) is 0 Å². The Kier molecular flexibility index (Phi) is 7.01. The summed E-state index contributed by atoms with van der Waals surface area (Å²) in [4.78, 5) is 28.9. The topological polar surface area (TPSA) is 146 Å². The van der Waals surface area contributed by atoms with Crippen molar-refractivity contribution in [3.8, 4) is 5.82 Å². The maximum absolute atomic E-state index is 12.6. The van der Waals surface area contributed by atoms with Crippen LogP contribution in [0.4, 0.5) is 0 Å². The van der Waals surface area contributed by atoms with E-state index in [0.29, 0.717) is 17.1 Å².